The largest absolute Gasteiger partial charge is 0.272 e. The molecule has 0 atom stereocenters. The van der Waals surface area contributed by atoms with Gasteiger partial charge >= 0.3 is 0 Å². The molecule has 0 unspecified atom stereocenters. The Labute approximate surface area is 81.8 Å². The van der Waals surface area contributed by atoms with Crippen LogP contribution in [0.3, 0.4) is 0 Å². The van der Waals surface area contributed by atoms with Crippen LogP contribution in [0, 0.1) is 6.92 Å². The number of hydrogen-bond donors (Lipinski definition) is 0. The summed E-state index contributed by atoms with van der Waals surface area (Å²) in [5.41, 5.74) is 2.63. The van der Waals surface area contributed by atoms with Crippen molar-refractivity contribution < 1.29 is 0 Å². The van der Waals surface area contributed by atoms with Gasteiger partial charge in [0.1, 0.15) is 0 Å². The van der Waals surface area contributed by atoms with Gasteiger partial charge in [-0.2, -0.15) is 16.4 Å². The molecule has 0 aromatic carbocycles. The molecule has 2 rings (SSSR count). The fourth-order valence-electron chi connectivity index (χ4n) is 1.27. The Morgan fingerprint density at radius 2 is 2.46 bits per heavy atom. The third kappa shape index (κ3) is 2.18. The van der Waals surface area contributed by atoms with Gasteiger partial charge in [-0.25, -0.2) is 0 Å². The van der Waals surface area contributed by atoms with Crippen LogP contribution in [0.5, 0.6) is 0 Å². The van der Waals surface area contributed by atoms with Gasteiger partial charge in [-0.05, 0) is 41.3 Å². The van der Waals surface area contributed by atoms with Crippen LogP contribution in [0.15, 0.2) is 29.2 Å². The molecule has 3 heteroatoms. The van der Waals surface area contributed by atoms with Crippen molar-refractivity contribution >= 4 is 11.3 Å². The molecular formula is C10H12N2S. The van der Waals surface area contributed by atoms with Gasteiger partial charge in [0.2, 0.25) is 0 Å². The highest BCUT2D eigenvalue weighted by molar-refractivity contribution is 7.07. The van der Waals surface area contributed by atoms with Crippen LogP contribution in [-0.2, 0) is 13.0 Å². The molecule has 0 amide bonds. The number of thiophene rings is 1. The maximum atomic E-state index is 4.24. The lowest BCUT2D eigenvalue weighted by Crippen LogP contribution is -2.00. The maximum Gasteiger partial charge on any atom is 0.0518 e. The lowest BCUT2D eigenvalue weighted by atomic mass is 10.2. The van der Waals surface area contributed by atoms with E-state index in [4.69, 9.17) is 0 Å². The molecule has 0 aliphatic heterocycles. The molecule has 2 aromatic heterocycles. The van der Waals surface area contributed by atoms with E-state index in [1.54, 1.807) is 11.3 Å². The summed E-state index contributed by atoms with van der Waals surface area (Å²) in [4.78, 5) is 0. The Balaban J connectivity index is 1.93. The molecule has 0 N–H and O–H groups in total. The molecule has 0 saturated carbocycles. The summed E-state index contributed by atoms with van der Waals surface area (Å²) in [5.74, 6) is 0. The normalized spacial score (nSPS) is 10.5. The van der Waals surface area contributed by atoms with Crippen LogP contribution in [0.1, 0.15) is 11.1 Å². The Bertz CT molecular complexity index is 362. The van der Waals surface area contributed by atoms with E-state index in [1.165, 1.54) is 11.1 Å². The van der Waals surface area contributed by atoms with Crippen LogP contribution in [0.25, 0.3) is 0 Å². The molecule has 2 heterocycles. The zero-order chi connectivity index (χ0) is 9.10. The zero-order valence-corrected chi connectivity index (χ0v) is 8.42. The number of aromatic nitrogens is 2. The van der Waals surface area contributed by atoms with E-state index in [0.29, 0.717) is 0 Å². The minimum atomic E-state index is 0.977. The minimum absolute atomic E-state index is 0.977. The zero-order valence-electron chi connectivity index (χ0n) is 7.60. The van der Waals surface area contributed by atoms with Crippen molar-refractivity contribution in [1.29, 1.82) is 0 Å². The molecule has 0 aliphatic rings. The van der Waals surface area contributed by atoms with Crippen LogP contribution in [0.4, 0.5) is 0 Å². The summed E-state index contributed by atoms with van der Waals surface area (Å²) in [6.45, 7) is 3.04. The van der Waals surface area contributed by atoms with Gasteiger partial charge in [0.25, 0.3) is 0 Å². The van der Waals surface area contributed by atoms with Crippen molar-refractivity contribution in [3.05, 3.63) is 40.3 Å². The van der Waals surface area contributed by atoms with Gasteiger partial charge in [-0.1, -0.05) is 0 Å². The highest BCUT2D eigenvalue weighted by Gasteiger charge is 1.95. The van der Waals surface area contributed by atoms with Crippen molar-refractivity contribution in [2.45, 2.75) is 19.9 Å². The molecule has 2 nitrogen and oxygen atoms in total. The van der Waals surface area contributed by atoms with Crippen molar-refractivity contribution in [3.63, 3.8) is 0 Å². The smallest absolute Gasteiger partial charge is 0.0518 e. The van der Waals surface area contributed by atoms with Crippen LogP contribution >= 0.6 is 11.3 Å². The van der Waals surface area contributed by atoms with Gasteiger partial charge < -0.3 is 0 Å². The van der Waals surface area contributed by atoms with Gasteiger partial charge in [-0.3, -0.25) is 4.68 Å². The highest BCUT2D eigenvalue weighted by Crippen LogP contribution is 2.07. The highest BCUT2D eigenvalue weighted by atomic mass is 32.1. The van der Waals surface area contributed by atoms with Gasteiger partial charge in [0.15, 0.2) is 0 Å². The topological polar surface area (TPSA) is 17.8 Å². The first-order chi connectivity index (χ1) is 6.34. The Morgan fingerprint density at radius 3 is 3.08 bits per heavy atom. The summed E-state index contributed by atoms with van der Waals surface area (Å²) in [6, 6.07) is 2.17. The van der Waals surface area contributed by atoms with E-state index < -0.39 is 0 Å². The van der Waals surface area contributed by atoms with E-state index in [2.05, 4.69) is 35.0 Å². The molecular weight excluding hydrogens is 180 g/mol. The van der Waals surface area contributed by atoms with Gasteiger partial charge in [0.05, 0.1) is 6.20 Å². The van der Waals surface area contributed by atoms with E-state index >= 15 is 0 Å². The first-order valence-electron chi connectivity index (χ1n) is 4.35. The number of nitrogens with zero attached hydrogens (tertiary/aromatic N) is 2. The van der Waals surface area contributed by atoms with Crippen molar-refractivity contribution in [1.82, 2.24) is 9.78 Å². The van der Waals surface area contributed by atoms with Crippen molar-refractivity contribution in [2.75, 3.05) is 0 Å². The first-order valence-corrected chi connectivity index (χ1v) is 5.29. The predicted molar refractivity (Wildman–Crippen MR) is 55.0 cm³/mol. The summed E-state index contributed by atoms with van der Waals surface area (Å²) in [5, 5.41) is 8.54. The number of aryl methyl sites for hydroxylation is 3. The molecule has 0 aliphatic carbocycles. The fourth-order valence-corrected chi connectivity index (χ4v) is 1.97. The fraction of sp³-hybridized carbons (Fsp3) is 0.300. The second-order valence-electron chi connectivity index (χ2n) is 3.16. The number of hydrogen-bond acceptors (Lipinski definition) is 2. The van der Waals surface area contributed by atoms with E-state index in [1.807, 2.05) is 10.9 Å². The summed E-state index contributed by atoms with van der Waals surface area (Å²) in [6.07, 6.45) is 5.05. The van der Waals surface area contributed by atoms with E-state index in [-0.39, 0.29) is 0 Å². The summed E-state index contributed by atoms with van der Waals surface area (Å²) < 4.78 is 1.99. The van der Waals surface area contributed by atoms with Gasteiger partial charge in [0, 0.05) is 12.7 Å². The standard InChI is InChI=1S/C10H12N2S/c1-9-6-11-12(7-9)4-2-10-3-5-13-8-10/h3,5-8H,2,4H2,1H3. The molecule has 0 spiro atoms. The Morgan fingerprint density at radius 1 is 1.54 bits per heavy atom. The maximum absolute atomic E-state index is 4.24. The minimum Gasteiger partial charge on any atom is -0.272 e. The molecule has 68 valence electrons. The number of rotatable bonds is 3. The molecule has 0 radical (unpaired) electrons. The molecule has 13 heavy (non-hydrogen) atoms. The SMILES string of the molecule is Cc1cnn(CCc2ccsc2)c1. The first kappa shape index (κ1) is 8.51. The third-order valence-corrected chi connectivity index (χ3v) is 2.70. The summed E-state index contributed by atoms with van der Waals surface area (Å²) in [7, 11) is 0. The lowest BCUT2D eigenvalue weighted by Gasteiger charge is -1.98. The third-order valence-electron chi connectivity index (χ3n) is 1.97. The lowest BCUT2D eigenvalue weighted by molar-refractivity contribution is 0.615. The van der Waals surface area contributed by atoms with E-state index in [9.17, 15) is 0 Å². The second-order valence-corrected chi connectivity index (χ2v) is 3.94. The Kier molecular flexibility index (Phi) is 2.45. The van der Waals surface area contributed by atoms with Crippen LogP contribution in [-0.4, -0.2) is 9.78 Å². The quantitative estimate of drug-likeness (QED) is 0.730. The van der Waals surface area contributed by atoms with Crippen LogP contribution in [0.2, 0.25) is 0 Å². The Hall–Kier alpha value is -1.09. The molecule has 2 aromatic rings. The van der Waals surface area contributed by atoms with Crippen molar-refractivity contribution in [3.8, 4) is 0 Å². The monoisotopic (exact) mass is 192 g/mol. The average molecular weight is 192 g/mol. The molecule has 0 saturated heterocycles. The van der Waals surface area contributed by atoms with Gasteiger partial charge in [-0.15, -0.1) is 0 Å². The van der Waals surface area contributed by atoms with Crippen LogP contribution < -0.4 is 0 Å². The van der Waals surface area contributed by atoms with E-state index in [0.717, 1.165) is 13.0 Å². The average Bonchev–Trinajstić information content (AvgIpc) is 2.71. The van der Waals surface area contributed by atoms with Crippen molar-refractivity contribution in [2.24, 2.45) is 0 Å². The molecule has 0 bridgehead atoms. The molecule has 0 fully saturated rings. The second kappa shape index (κ2) is 3.75. The predicted octanol–water partition coefficient (Wildman–Crippen LogP) is 2.50. The summed E-state index contributed by atoms with van der Waals surface area (Å²) >= 11 is 1.75.